The van der Waals surface area contributed by atoms with E-state index < -0.39 is 13.3 Å². The molecular formula is C20H32ClFNO4P. The summed E-state index contributed by atoms with van der Waals surface area (Å²) in [5.41, 5.74) is 0.871. The maximum absolute atomic E-state index is 14.6. The molecule has 28 heavy (non-hydrogen) atoms. The molecule has 1 fully saturated rings. The molecule has 1 aromatic carbocycles. The highest BCUT2D eigenvalue weighted by Gasteiger charge is 2.25. The molecule has 1 aromatic rings. The van der Waals surface area contributed by atoms with Crippen molar-refractivity contribution in [1.82, 2.24) is 5.25 Å². The van der Waals surface area contributed by atoms with E-state index in [4.69, 9.17) is 21.5 Å². The van der Waals surface area contributed by atoms with Gasteiger partial charge in [0.2, 0.25) is 0 Å². The molecule has 0 radical (unpaired) electrons. The van der Waals surface area contributed by atoms with E-state index in [-0.39, 0.29) is 23.5 Å². The highest BCUT2D eigenvalue weighted by atomic mass is 35.5. The van der Waals surface area contributed by atoms with Gasteiger partial charge in [-0.15, -0.1) is 5.25 Å². The van der Waals surface area contributed by atoms with E-state index in [2.05, 4.69) is 6.92 Å². The summed E-state index contributed by atoms with van der Waals surface area (Å²) in [6.07, 6.45) is 9.02. The number of halogens is 2. The van der Waals surface area contributed by atoms with Gasteiger partial charge in [-0.1, -0.05) is 43.9 Å². The number of unbranched alkanes of at least 4 members (excludes halogenated alkanes) is 2. The molecule has 1 aliphatic carbocycles. The summed E-state index contributed by atoms with van der Waals surface area (Å²) in [4.78, 5) is 9.21. The van der Waals surface area contributed by atoms with Gasteiger partial charge in [0.25, 0.3) is 7.52 Å². The molecule has 0 aliphatic heterocycles. The molecule has 5 nitrogen and oxygen atoms in total. The summed E-state index contributed by atoms with van der Waals surface area (Å²) in [7, 11) is -3.68. The lowest BCUT2D eigenvalue weighted by Gasteiger charge is -2.29. The molecule has 1 aliphatic rings. The largest absolute Gasteiger partial charge is 0.490 e. The summed E-state index contributed by atoms with van der Waals surface area (Å²) < 4.78 is 31.3. The van der Waals surface area contributed by atoms with Crippen LogP contribution < -0.4 is 9.99 Å². The van der Waals surface area contributed by atoms with E-state index in [0.717, 1.165) is 24.3 Å². The van der Waals surface area contributed by atoms with Gasteiger partial charge in [-0.05, 0) is 62.0 Å². The van der Waals surface area contributed by atoms with Crippen LogP contribution >= 0.6 is 19.1 Å². The van der Waals surface area contributed by atoms with Crippen LogP contribution in [-0.4, -0.2) is 22.9 Å². The van der Waals surface area contributed by atoms with Crippen molar-refractivity contribution in [1.29, 1.82) is 0 Å². The molecule has 0 bridgehead atoms. The van der Waals surface area contributed by atoms with E-state index in [1.165, 1.54) is 37.4 Å². The van der Waals surface area contributed by atoms with Crippen LogP contribution in [0.1, 0.15) is 76.2 Å². The first-order valence-electron chi connectivity index (χ1n) is 10.2. The van der Waals surface area contributed by atoms with E-state index in [1.807, 2.05) is 6.07 Å². The van der Waals surface area contributed by atoms with Crippen molar-refractivity contribution in [2.45, 2.75) is 70.6 Å². The molecule has 1 saturated carbocycles. The normalized spacial score (nSPS) is 22.0. The summed E-state index contributed by atoms with van der Waals surface area (Å²) >= 11 is 6.31. The highest BCUT2D eigenvalue weighted by Crippen LogP contribution is 2.42. The summed E-state index contributed by atoms with van der Waals surface area (Å²) in [6.45, 7) is 2.43. The van der Waals surface area contributed by atoms with Crippen molar-refractivity contribution in [2.24, 2.45) is 5.92 Å². The van der Waals surface area contributed by atoms with Crippen LogP contribution in [0, 0.1) is 11.7 Å². The fourth-order valence-corrected chi connectivity index (χ4v) is 4.95. The second-order valence-corrected chi connectivity index (χ2v) is 10.1. The Labute approximate surface area is 172 Å². The predicted octanol–water partition coefficient (Wildman–Crippen LogP) is 6.27. The molecule has 2 rings (SSSR count). The quantitative estimate of drug-likeness (QED) is 0.217. The lowest BCUT2D eigenvalue weighted by Crippen LogP contribution is -2.14. The smallest absolute Gasteiger partial charge is 0.289 e. The lowest BCUT2D eigenvalue weighted by atomic mass is 9.77. The average Bonchev–Trinajstić information content (AvgIpc) is 2.70. The maximum atomic E-state index is 14.6. The molecule has 0 aromatic heterocycles. The zero-order chi connectivity index (χ0) is 20.6. The lowest BCUT2D eigenvalue weighted by molar-refractivity contribution is 0.221. The predicted molar refractivity (Wildman–Crippen MR) is 110 cm³/mol. The molecule has 3 N–H and O–H groups in total. The average molecular weight is 436 g/mol. The van der Waals surface area contributed by atoms with Crippen LogP contribution in [0.3, 0.4) is 0 Å². The number of benzene rings is 1. The number of hydrogen-bond donors (Lipinski definition) is 3. The van der Waals surface area contributed by atoms with Crippen molar-refractivity contribution >= 4 is 19.1 Å². The summed E-state index contributed by atoms with van der Waals surface area (Å²) in [6, 6.07) is 3.50. The van der Waals surface area contributed by atoms with Gasteiger partial charge in [0.05, 0.1) is 11.6 Å². The first-order chi connectivity index (χ1) is 13.4. The zero-order valence-electron chi connectivity index (χ0n) is 16.5. The number of ether oxygens (including phenoxy) is 1. The second-order valence-electron chi connectivity index (χ2n) is 7.72. The Bertz CT molecular complexity index is 668. The number of rotatable bonds is 11. The van der Waals surface area contributed by atoms with E-state index in [1.54, 1.807) is 6.07 Å². The molecule has 160 valence electrons. The first kappa shape index (κ1) is 23.6. The zero-order valence-corrected chi connectivity index (χ0v) is 18.2. The van der Waals surface area contributed by atoms with E-state index >= 15 is 0 Å². The van der Waals surface area contributed by atoms with Crippen LogP contribution in [0.2, 0.25) is 5.02 Å². The van der Waals surface area contributed by atoms with Gasteiger partial charge < -0.3 is 14.8 Å². The topological polar surface area (TPSA) is 78.8 Å². The van der Waals surface area contributed by atoms with Gasteiger partial charge in [0, 0.05) is 6.16 Å². The molecule has 0 spiro atoms. The Morgan fingerprint density at radius 3 is 2.61 bits per heavy atom. The minimum Gasteiger partial charge on any atom is -0.490 e. The fourth-order valence-electron chi connectivity index (χ4n) is 3.89. The Balaban J connectivity index is 1.85. The van der Waals surface area contributed by atoms with Crippen molar-refractivity contribution in [3.63, 3.8) is 0 Å². The SMILES string of the molecule is CCCCC1CCC(c2ccc(OCCCCP(=O)(O)NO)c(F)c2Cl)CC1. The molecule has 0 heterocycles. The molecule has 0 saturated heterocycles. The van der Waals surface area contributed by atoms with Crippen LogP contribution in [0.5, 0.6) is 5.75 Å². The second kappa shape index (κ2) is 11.5. The van der Waals surface area contributed by atoms with Crippen molar-refractivity contribution in [2.75, 3.05) is 12.8 Å². The van der Waals surface area contributed by atoms with Crippen LogP contribution in [0.15, 0.2) is 12.1 Å². The first-order valence-corrected chi connectivity index (χ1v) is 12.4. The Morgan fingerprint density at radius 1 is 1.25 bits per heavy atom. The van der Waals surface area contributed by atoms with Gasteiger partial charge in [-0.25, -0.2) is 4.39 Å². The van der Waals surface area contributed by atoms with Crippen LogP contribution in [0.4, 0.5) is 4.39 Å². The van der Waals surface area contributed by atoms with Crippen LogP contribution in [-0.2, 0) is 4.57 Å². The van der Waals surface area contributed by atoms with Gasteiger partial charge in [-0.2, -0.15) is 0 Å². The third-order valence-electron chi connectivity index (χ3n) is 5.60. The summed E-state index contributed by atoms with van der Waals surface area (Å²) in [5.74, 6) is 0.672. The standard InChI is InChI=1S/C20H32ClFNO4P/c1-2-3-6-15-7-9-16(10-8-15)17-11-12-18(20(22)19(17)21)27-13-4-5-14-28(25,26)23-24/h11-12,15-16,24H,2-10,13-14H2,1H3,(H2,23,25,26). The Hall–Kier alpha value is -0.650. The highest BCUT2D eigenvalue weighted by molar-refractivity contribution is 7.55. The Kier molecular flexibility index (Phi) is 9.72. The van der Waals surface area contributed by atoms with Crippen molar-refractivity contribution < 1.29 is 23.8 Å². The maximum Gasteiger partial charge on any atom is 0.289 e. The van der Waals surface area contributed by atoms with Gasteiger partial charge in [0.1, 0.15) is 0 Å². The summed E-state index contributed by atoms with van der Waals surface area (Å²) in [5, 5.41) is 10.1. The van der Waals surface area contributed by atoms with Gasteiger partial charge in [-0.3, -0.25) is 4.57 Å². The molecule has 1 atom stereocenters. The molecule has 8 heteroatoms. The Morgan fingerprint density at radius 2 is 1.96 bits per heavy atom. The minimum atomic E-state index is -3.68. The minimum absolute atomic E-state index is 0.0734. The van der Waals surface area contributed by atoms with Gasteiger partial charge >= 0.3 is 0 Å². The monoisotopic (exact) mass is 435 g/mol. The third-order valence-corrected chi connectivity index (χ3v) is 7.22. The van der Waals surface area contributed by atoms with E-state index in [9.17, 15) is 13.8 Å². The van der Waals surface area contributed by atoms with Crippen molar-refractivity contribution in [3.8, 4) is 5.75 Å². The van der Waals surface area contributed by atoms with E-state index in [0.29, 0.717) is 18.8 Å². The van der Waals surface area contributed by atoms with Crippen molar-refractivity contribution in [3.05, 3.63) is 28.5 Å². The van der Waals surface area contributed by atoms with Gasteiger partial charge in [0.15, 0.2) is 11.6 Å². The molecule has 0 amide bonds. The fraction of sp³-hybridized carbons (Fsp3) is 0.700. The third kappa shape index (κ3) is 7.00. The van der Waals surface area contributed by atoms with Crippen LogP contribution in [0.25, 0.3) is 0 Å². The number of nitrogens with one attached hydrogen (secondary N) is 1. The molecule has 1 unspecified atom stereocenters. The molecular weight excluding hydrogens is 404 g/mol. The number of hydrogen-bond acceptors (Lipinski definition) is 3.